The molecule has 0 amide bonds. The van der Waals surface area contributed by atoms with Crippen molar-refractivity contribution in [3.63, 3.8) is 0 Å². The first-order valence-corrected chi connectivity index (χ1v) is 8.33. The van der Waals surface area contributed by atoms with E-state index in [-0.39, 0.29) is 5.38 Å². The van der Waals surface area contributed by atoms with Gasteiger partial charge in [-0.25, -0.2) is 4.98 Å². The Balaban J connectivity index is 2.05. The quantitative estimate of drug-likeness (QED) is 0.754. The SMILES string of the molecule is CCC1OCCC1Cn1c(C(C)Cl)nc2cccc(Cl)c21. The molecule has 0 aliphatic carbocycles. The maximum absolute atomic E-state index is 6.40. The predicted octanol–water partition coefficient (Wildman–Crippen LogP) is 4.80. The van der Waals surface area contributed by atoms with Gasteiger partial charge in [-0.1, -0.05) is 24.6 Å². The number of benzene rings is 1. The van der Waals surface area contributed by atoms with Gasteiger partial charge in [0.25, 0.3) is 0 Å². The zero-order valence-corrected chi connectivity index (χ0v) is 13.9. The topological polar surface area (TPSA) is 27.1 Å². The van der Waals surface area contributed by atoms with Crippen LogP contribution in [0, 0.1) is 5.92 Å². The molecule has 3 rings (SSSR count). The third kappa shape index (κ3) is 2.79. The second-order valence-corrected chi connectivity index (χ2v) is 6.73. The normalized spacial score (nSPS) is 23.8. The van der Waals surface area contributed by atoms with Crippen molar-refractivity contribution in [3.05, 3.63) is 29.0 Å². The molecule has 0 spiro atoms. The molecule has 0 bridgehead atoms. The summed E-state index contributed by atoms with van der Waals surface area (Å²) in [5, 5.41) is 0.589. The van der Waals surface area contributed by atoms with E-state index in [9.17, 15) is 0 Å². The zero-order valence-electron chi connectivity index (χ0n) is 12.4. The Kier molecular flexibility index (Phi) is 4.43. The highest BCUT2D eigenvalue weighted by atomic mass is 35.5. The van der Waals surface area contributed by atoms with Gasteiger partial charge in [-0.3, -0.25) is 0 Å². The largest absolute Gasteiger partial charge is 0.378 e. The highest BCUT2D eigenvalue weighted by Gasteiger charge is 2.29. The van der Waals surface area contributed by atoms with Gasteiger partial charge in [0.2, 0.25) is 0 Å². The average molecular weight is 327 g/mol. The number of alkyl halides is 1. The van der Waals surface area contributed by atoms with E-state index >= 15 is 0 Å². The van der Waals surface area contributed by atoms with Gasteiger partial charge in [0.1, 0.15) is 5.82 Å². The molecule has 0 saturated carbocycles. The minimum atomic E-state index is -0.143. The molecule has 5 heteroatoms. The van der Waals surface area contributed by atoms with E-state index < -0.39 is 0 Å². The fourth-order valence-corrected chi connectivity index (χ4v) is 3.67. The van der Waals surface area contributed by atoms with Crippen LogP contribution in [0.25, 0.3) is 11.0 Å². The molecule has 1 saturated heterocycles. The minimum absolute atomic E-state index is 0.143. The summed E-state index contributed by atoms with van der Waals surface area (Å²) in [4.78, 5) is 4.67. The van der Waals surface area contributed by atoms with Crippen molar-refractivity contribution in [2.75, 3.05) is 6.61 Å². The smallest absolute Gasteiger partial charge is 0.127 e. The third-order valence-corrected chi connectivity index (χ3v) is 4.77. The Morgan fingerprint density at radius 1 is 1.48 bits per heavy atom. The van der Waals surface area contributed by atoms with Crippen LogP contribution in [0.4, 0.5) is 0 Å². The minimum Gasteiger partial charge on any atom is -0.378 e. The van der Waals surface area contributed by atoms with E-state index in [1.807, 2.05) is 25.1 Å². The van der Waals surface area contributed by atoms with Crippen LogP contribution in [0.1, 0.15) is 37.9 Å². The van der Waals surface area contributed by atoms with Crippen molar-refractivity contribution in [2.24, 2.45) is 5.92 Å². The number of fused-ring (bicyclic) bond motifs is 1. The van der Waals surface area contributed by atoms with E-state index in [0.717, 1.165) is 47.9 Å². The highest BCUT2D eigenvalue weighted by molar-refractivity contribution is 6.35. The van der Waals surface area contributed by atoms with Crippen molar-refractivity contribution in [1.82, 2.24) is 9.55 Å². The molecule has 1 aliphatic heterocycles. The number of hydrogen-bond acceptors (Lipinski definition) is 2. The summed E-state index contributed by atoms with van der Waals surface area (Å²) in [6, 6.07) is 5.83. The van der Waals surface area contributed by atoms with E-state index in [4.69, 9.17) is 27.9 Å². The molecule has 3 atom stereocenters. The molecule has 3 nitrogen and oxygen atoms in total. The summed E-state index contributed by atoms with van der Waals surface area (Å²) in [7, 11) is 0. The highest BCUT2D eigenvalue weighted by Crippen LogP contribution is 2.33. The number of rotatable bonds is 4. The molecule has 3 unspecified atom stereocenters. The monoisotopic (exact) mass is 326 g/mol. The molecule has 2 aromatic rings. The number of para-hydroxylation sites is 1. The van der Waals surface area contributed by atoms with Gasteiger partial charge < -0.3 is 9.30 Å². The van der Waals surface area contributed by atoms with Gasteiger partial charge in [0.05, 0.1) is 27.5 Å². The maximum atomic E-state index is 6.40. The van der Waals surface area contributed by atoms with Crippen LogP contribution >= 0.6 is 23.2 Å². The van der Waals surface area contributed by atoms with Crippen LogP contribution in [0.15, 0.2) is 18.2 Å². The van der Waals surface area contributed by atoms with Gasteiger partial charge in [-0.2, -0.15) is 0 Å². The Hall–Kier alpha value is -0.770. The maximum Gasteiger partial charge on any atom is 0.127 e. The number of nitrogens with zero attached hydrogens (tertiary/aromatic N) is 2. The molecule has 1 aliphatic rings. The molecule has 21 heavy (non-hydrogen) atoms. The molecule has 1 aromatic carbocycles. The Morgan fingerprint density at radius 2 is 2.29 bits per heavy atom. The molecule has 1 fully saturated rings. The van der Waals surface area contributed by atoms with Gasteiger partial charge in [-0.15, -0.1) is 11.6 Å². The number of aromatic nitrogens is 2. The summed E-state index contributed by atoms with van der Waals surface area (Å²) in [5.74, 6) is 1.39. The van der Waals surface area contributed by atoms with Crippen LogP contribution in [0.3, 0.4) is 0 Å². The molecule has 0 N–H and O–H groups in total. The summed E-state index contributed by atoms with van der Waals surface area (Å²) in [5.41, 5.74) is 1.90. The van der Waals surface area contributed by atoms with Crippen LogP contribution in [0.5, 0.6) is 0 Å². The second-order valence-electron chi connectivity index (χ2n) is 5.67. The summed E-state index contributed by atoms with van der Waals surface area (Å²) >= 11 is 12.7. The lowest BCUT2D eigenvalue weighted by Crippen LogP contribution is -2.21. The fourth-order valence-electron chi connectivity index (χ4n) is 3.24. The first kappa shape index (κ1) is 15.1. The number of hydrogen-bond donors (Lipinski definition) is 0. The molecular weight excluding hydrogens is 307 g/mol. The Bertz CT molecular complexity index is 638. The molecular formula is C16H20Cl2N2O. The van der Waals surface area contributed by atoms with Gasteiger partial charge in [-0.05, 0) is 31.9 Å². The van der Waals surface area contributed by atoms with Crippen molar-refractivity contribution in [1.29, 1.82) is 0 Å². The Morgan fingerprint density at radius 3 is 3.00 bits per heavy atom. The fraction of sp³-hybridized carbons (Fsp3) is 0.562. The summed E-state index contributed by atoms with van der Waals surface area (Å²) < 4.78 is 8.00. The van der Waals surface area contributed by atoms with Crippen molar-refractivity contribution < 1.29 is 4.74 Å². The van der Waals surface area contributed by atoms with Crippen molar-refractivity contribution >= 4 is 34.2 Å². The average Bonchev–Trinajstić information content (AvgIpc) is 3.04. The van der Waals surface area contributed by atoms with Crippen LogP contribution in [-0.4, -0.2) is 22.3 Å². The molecule has 1 aromatic heterocycles. The number of ether oxygens (including phenoxy) is 1. The first-order chi connectivity index (χ1) is 10.1. The first-order valence-electron chi connectivity index (χ1n) is 7.52. The predicted molar refractivity (Wildman–Crippen MR) is 87.1 cm³/mol. The van der Waals surface area contributed by atoms with Gasteiger partial charge in [0, 0.05) is 19.1 Å². The number of halogens is 2. The lowest BCUT2D eigenvalue weighted by molar-refractivity contribution is 0.0835. The standard InChI is InChI=1S/C16H20Cl2N2O/c1-3-14-11(7-8-21-14)9-20-15-12(18)5-4-6-13(15)19-16(20)10(2)17/h4-6,10-11,14H,3,7-9H2,1-2H3. The zero-order chi connectivity index (χ0) is 15.0. The number of imidazole rings is 1. The second kappa shape index (κ2) is 6.15. The van der Waals surface area contributed by atoms with Crippen molar-refractivity contribution in [2.45, 2.75) is 44.7 Å². The molecule has 114 valence electrons. The van der Waals surface area contributed by atoms with E-state index in [2.05, 4.69) is 16.5 Å². The lowest BCUT2D eigenvalue weighted by atomic mass is 9.99. The third-order valence-electron chi connectivity index (χ3n) is 4.27. The van der Waals surface area contributed by atoms with Gasteiger partial charge in [0.15, 0.2) is 0 Å². The van der Waals surface area contributed by atoms with Crippen LogP contribution < -0.4 is 0 Å². The van der Waals surface area contributed by atoms with Gasteiger partial charge >= 0.3 is 0 Å². The van der Waals surface area contributed by atoms with Crippen LogP contribution in [-0.2, 0) is 11.3 Å². The van der Waals surface area contributed by atoms with Crippen molar-refractivity contribution in [3.8, 4) is 0 Å². The molecule has 0 radical (unpaired) electrons. The van der Waals surface area contributed by atoms with E-state index in [0.29, 0.717) is 12.0 Å². The van der Waals surface area contributed by atoms with E-state index in [1.165, 1.54) is 0 Å². The molecule has 2 heterocycles. The van der Waals surface area contributed by atoms with Crippen LogP contribution in [0.2, 0.25) is 5.02 Å². The Labute approximate surface area is 135 Å². The summed E-state index contributed by atoms with van der Waals surface area (Å²) in [6.07, 6.45) is 2.44. The van der Waals surface area contributed by atoms with E-state index in [1.54, 1.807) is 0 Å². The lowest BCUT2D eigenvalue weighted by Gasteiger charge is -2.20. The summed E-state index contributed by atoms with van der Waals surface area (Å²) in [6.45, 7) is 5.84.